The van der Waals surface area contributed by atoms with E-state index in [-0.39, 0.29) is 18.4 Å². The van der Waals surface area contributed by atoms with Gasteiger partial charge >= 0.3 is 0 Å². The van der Waals surface area contributed by atoms with E-state index in [1.54, 1.807) is 43.3 Å². The number of para-hydroxylation sites is 2. The second kappa shape index (κ2) is 7.74. The van der Waals surface area contributed by atoms with E-state index in [2.05, 4.69) is 5.32 Å². The summed E-state index contributed by atoms with van der Waals surface area (Å²) in [6, 6.07) is 14.6. The van der Waals surface area contributed by atoms with Gasteiger partial charge in [0.2, 0.25) is 0 Å². The highest BCUT2D eigenvalue weighted by Crippen LogP contribution is 2.33. The molecular formula is C20H20N2O4. The summed E-state index contributed by atoms with van der Waals surface area (Å²) < 4.78 is 10.8. The molecule has 1 N–H and O–H groups in total. The Morgan fingerprint density at radius 1 is 1.19 bits per heavy atom. The predicted octanol–water partition coefficient (Wildman–Crippen LogP) is 2.25. The predicted molar refractivity (Wildman–Crippen MR) is 99.3 cm³/mol. The van der Waals surface area contributed by atoms with Crippen LogP contribution in [-0.4, -0.2) is 38.6 Å². The molecule has 0 fully saturated rings. The number of carbonyl (C=O) groups is 2. The van der Waals surface area contributed by atoms with Crippen molar-refractivity contribution in [3.63, 3.8) is 0 Å². The normalized spacial score (nSPS) is 15.9. The first-order valence-corrected chi connectivity index (χ1v) is 8.23. The summed E-state index contributed by atoms with van der Waals surface area (Å²) in [5.74, 6) is 0.782. The van der Waals surface area contributed by atoms with Crippen LogP contribution in [0.1, 0.15) is 5.56 Å². The number of methoxy groups -OCH3 is 1. The van der Waals surface area contributed by atoms with Crippen molar-refractivity contribution in [3.8, 4) is 11.5 Å². The second-order valence-electron chi connectivity index (χ2n) is 5.74. The van der Waals surface area contributed by atoms with E-state index in [0.717, 1.165) is 11.3 Å². The minimum absolute atomic E-state index is 0.155. The number of hydrogen-bond acceptors (Lipinski definition) is 4. The molecule has 0 radical (unpaired) electrons. The second-order valence-corrected chi connectivity index (χ2v) is 5.74. The Bertz CT molecular complexity index is 830. The van der Waals surface area contributed by atoms with Crippen LogP contribution in [0.2, 0.25) is 0 Å². The highest BCUT2D eigenvalue weighted by molar-refractivity contribution is 6.05. The number of likely N-dealkylation sites (N-methyl/N-ethyl adjacent to an activating group) is 1. The maximum atomic E-state index is 12.7. The standard InChI is InChI=1S/C20H20N2O4/c1-21-20(24)18-13-22(16-5-3-4-6-17(16)26-18)19(23)12-9-14-7-10-15(25-2)11-8-14/h3-12,18H,13H2,1-2H3,(H,21,24)/b12-9+/t18-/m0/s1. The third-order valence-electron chi connectivity index (χ3n) is 4.11. The number of hydrogen-bond donors (Lipinski definition) is 1. The van der Waals surface area contributed by atoms with Gasteiger partial charge in [-0.25, -0.2) is 0 Å². The van der Waals surface area contributed by atoms with E-state index in [0.29, 0.717) is 11.4 Å². The molecule has 0 bridgehead atoms. The Morgan fingerprint density at radius 2 is 1.92 bits per heavy atom. The lowest BCUT2D eigenvalue weighted by atomic mass is 10.1. The summed E-state index contributed by atoms with van der Waals surface area (Å²) in [5.41, 5.74) is 1.53. The van der Waals surface area contributed by atoms with Crippen LogP contribution < -0.4 is 19.7 Å². The molecule has 1 aliphatic rings. The molecule has 1 heterocycles. The van der Waals surface area contributed by atoms with Crippen LogP contribution in [0.25, 0.3) is 6.08 Å². The first-order valence-electron chi connectivity index (χ1n) is 8.23. The number of ether oxygens (including phenoxy) is 2. The summed E-state index contributed by atoms with van der Waals surface area (Å²) in [4.78, 5) is 26.3. The van der Waals surface area contributed by atoms with E-state index in [9.17, 15) is 9.59 Å². The molecule has 1 atom stereocenters. The summed E-state index contributed by atoms with van der Waals surface area (Å²) in [6.45, 7) is 0.155. The molecule has 3 rings (SSSR count). The Morgan fingerprint density at radius 3 is 2.62 bits per heavy atom. The molecule has 0 saturated carbocycles. The fraction of sp³-hybridized carbons (Fsp3) is 0.200. The molecular weight excluding hydrogens is 332 g/mol. The highest BCUT2D eigenvalue weighted by atomic mass is 16.5. The lowest BCUT2D eigenvalue weighted by molar-refractivity contribution is -0.127. The summed E-state index contributed by atoms with van der Waals surface area (Å²) >= 11 is 0. The first-order chi connectivity index (χ1) is 12.6. The van der Waals surface area contributed by atoms with Gasteiger partial charge in [-0.05, 0) is 35.9 Å². The molecule has 134 valence electrons. The number of rotatable bonds is 4. The van der Waals surface area contributed by atoms with Crippen molar-refractivity contribution in [1.82, 2.24) is 5.32 Å². The molecule has 0 unspecified atom stereocenters. The highest BCUT2D eigenvalue weighted by Gasteiger charge is 2.32. The fourth-order valence-corrected chi connectivity index (χ4v) is 2.71. The van der Waals surface area contributed by atoms with Gasteiger partial charge in [0.15, 0.2) is 6.10 Å². The molecule has 6 nitrogen and oxygen atoms in total. The Kier molecular flexibility index (Phi) is 5.22. The van der Waals surface area contributed by atoms with Crippen LogP contribution in [0.4, 0.5) is 5.69 Å². The average molecular weight is 352 g/mol. The molecule has 26 heavy (non-hydrogen) atoms. The van der Waals surface area contributed by atoms with E-state index < -0.39 is 6.10 Å². The Hall–Kier alpha value is -3.28. The summed E-state index contributed by atoms with van der Waals surface area (Å²) in [7, 11) is 3.15. The van der Waals surface area contributed by atoms with Crippen molar-refractivity contribution >= 4 is 23.6 Å². The van der Waals surface area contributed by atoms with Crippen molar-refractivity contribution < 1.29 is 19.1 Å². The van der Waals surface area contributed by atoms with Crippen molar-refractivity contribution in [1.29, 1.82) is 0 Å². The van der Waals surface area contributed by atoms with Crippen molar-refractivity contribution in [3.05, 3.63) is 60.2 Å². The van der Waals surface area contributed by atoms with Crippen LogP contribution >= 0.6 is 0 Å². The number of nitrogens with zero attached hydrogens (tertiary/aromatic N) is 1. The maximum absolute atomic E-state index is 12.7. The molecule has 0 aromatic heterocycles. The van der Waals surface area contributed by atoms with Gasteiger partial charge in [0.1, 0.15) is 11.5 Å². The monoisotopic (exact) mass is 352 g/mol. The molecule has 2 aromatic rings. The van der Waals surface area contributed by atoms with E-state index in [1.165, 1.54) is 6.08 Å². The number of anilines is 1. The minimum Gasteiger partial charge on any atom is -0.497 e. The van der Waals surface area contributed by atoms with Crippen LogP contribution in [0, 0.1) is 0 Å². The van der Waals surface area contributed by atoms with E-state index in [4.69, 9.17) is 9.47 Å². The summed E-state index contributed by atoms with van der Waals surface area (Å²) in [5, 5.41) is 2.56. The largest absolute Gasteiger partial charge is 0.497 e. The SMILES string of the molecule is CNC(=O)[C@@H]1CN(C(=O)/C=C/c2ccc(OC)cc2)c2ccccc2O1. The maximum Gasteiger partial charge on any atom is 0.262 e. The van der Waals surface area contributed by atoms with Gasteiger partial charge < -0.3 is 19.7 Å². The molecule has 2 aromatic carbocycles. The number of amides is 2. The smallest absolute Gasteiger partial charge is 0.262 e. The molecule has 0 spiro atoms. The quantitative estimate of drug-likeness (QED) is 0.857. The van der Waals surface area contributed by atoms with Gasteiger partial charge in [-0.3, -0.25) is 9.59 Å². The zero-order valence-electron chi connectivity index (χ0n) is 14.6. The van der Waals surface area contributed by atoms with Crippen molar-refractivity contribution in [2.24, 2.45) is 0 Å². The van der Waals surface area contributed by atoms with E-state index in [1.807, 2.05) is 30.3 Å². The molecule has 2 amide bonds. The van der Waals surface area contributed by atoms with Gasteiger partial charge in [0.25, 0.3) is 11.8 Å². The third kappa shape index (κ3) is 3.69. The number of carbonyl (C=O) groups excluding carboxylic acids is 2. The number of nitrogens with one attached hydrogen (secondary N) is 1. The lowest BCUT2D eigenvalue weighted by Crippen LogP contribution is -2.49. The fourth-order valence-electron chi connectivity index (χ4n) is 2.71. The molecule has 1 aliphatic heterocycles. The number of benzene rings is 2. The Balaban J connectivity index is 1.82. The molecule has 0 saturated heterocycles. The van der Waals surface area contributed by atoms with Gasteiger partial charge in [0, 0.05) is 13.1 Å². The van der Waals surface area contributed by atoms with Crippen LogP contribution in [0.15, 0.2) is 54.6 Å². The van der Waals surface area contributed by atoms with E-state index >= 15 is 0 Å². The van der Waals surface area contributed by atoms with Gasteiger partial charge in [-0.15, -0.1) is 0 Å². The minimum atomic E-state index is -0.742. The Labute approximate surface area is 152 Å². The van der Waals surface area contributed by atoms with Crippen molar-refractivity contribution in [2.45, 2.75) is 6.10 Å². The summed E-state index contributed by atoms with van der Waals surface area (Å²) in [6.07, 6.45) is 2.48. The van der Waals surface area contributed by atoms with Crippen LogP contribution in [-0.2, 0) is 9.59 Å². The first kappa shape index (κ1) is 17.5. The molecule has 6 heteroatoms. The molecule has 0 aliphatic carbocycles. The van der Waals surface area contributed by atoms with Gasteiger partial charge in [-0.1, -0.05) is 24.3 Å². The number of fused-ring (bicyclic) bond motifs is 1. The lowest BCUT2D eigenvalue weighted by Gasteiger charge is -2.33. The topological polar surface area (TPSA) is 67.9 Å². The average Bonchev–Trinajstić information content (AvgIpc) is 2.70. The zero-order chi connectivity index (χ0) is 18.5. The van der Waals surface area contributed by atoms with Crippen LogP contribution in [0.5, 0.6) is 11.5 Å². The zero-order valence-corrected chi connectivity index (χ0v) is 14.6. The van der Waals surface area contributed by atoms with Crippen molar-refractivity contribution in [2.75, 3.05) is 25.6 Å². The van der Waals surface area contributed by atoms with Crippen LogP contribution in [0.3, 0.4) is 0 Å². The van der Waals surface area contributed by atoms with Gasteiger partial charge in [-0.2, -0.15) is 0 Å². The van der Waals surface area contributed by atoms with Gasteiger partial charge in [0.05, 0.1) is 19.3 Å². The third-order valence-corrected chi connectivity index (χ3v) is 4.11.